The highest BCUT2D eigenvalue weighted by molar-refractivity contribution is 7.16. The number of aryl methyl sites for hydroxylation is 1. The van der Waals surface area contributed by atoms with Crippen molar-refractivity contribution >= 4 is 28.3 Å². The number of carbonyl (C=O) groups is 1. The quantitative estimate of drug-likeness (QED) is 0.814. The maximum absolute atomic E-state index is 11.5. The van der Waals surface area contributed by atoms with Crippen molar-refractivity contribution in [2.75, 3.05) is 38.0 Å². The molecule has 27 heavy (non-hydrogen) atoms. The van der Waals surface area contributed by atoms with Gasteiger partial charge in [0.2, 0.25) is 5.91 Å². The zero-order chi connectivity index (χ0) is 19.2. The molecule has 1 aliphatic heterocycles. The number of nitrogens with one attached hydrogen (secondary N) is 1. The third kappa shape index (κ3) is 5.51. The number of hydrogen-bond donors (Lipinski definition) is 1. The second-order valence-corrected chi connectivity index (χ2v) is 8.39. The second kappa shape index (κ2) is 9.31. The molecule has 3 rings (SSSR count). The predicted molar refractivity (Wildman–Crippen MR) is 115 cm³/mol. The van der Waals surface area contributed by atoms with E-state index >= 15 is 0 Å². The third-order valence-corrected chi connectivity index (χ3v) is 6.28. The number of thiophene rings is 1. The molecule has 4 nitrogen and oxygen atoms in total. The van der Waals surface area contributed by atoms with Crippen LogP contribution in [0.5, 0.6) is 0 Å². The summed E-state index contributed by atoms with van der Waals surface area (Å²) in [6.07, 6.45) is 4.45. The van der Waals surface area contributed by atoms with Gasteiger partial charge >= 0.3 is 0 Å². The fourth-order valence-electron chi connectivity index (χ4n) is 3.38. The number of nitrogens with zero attached hydrogens (tertiary/aromatic N) is 2. The SMILES string of the molecule is CC(=O)Nc1sc(C)c(C)c1CN1CCN(CC=Cc2ccccc2)CC1. The molecule has 1 aromatic carbocycles. The van der Waals surface area contributed by atoms with Crippen LogP contribution < -0.4 is 5.32 Å². The molecule has 0 saturated carbocycles. The van der Waals surface area contributed by atoms with Gasteiger partial charge in [-0.3, -0.25) is 14.6 Å². The molecular formula is C22H29N3OS. The van der Waals surface area contributed by atoms with Crippen LogP contribution in [-0.4, -0.2) is 48.4 Å². The van der Waals surface area contributed by atoms with E-state index in [-0.39, 0.29) is 5.91 Å². The minimum atomic E-state index is 0.00697. The molecule has 2 aromatic rings. The van der Waals surface area contributed by atoms with Crippen molar-refractivity contribution in [2.24, 2.45) is 0 Å². The van der Waals surface area contributed by atoms with Gasteiger partial charge in [-0.05, 0) is 25.0 Å². The molecule has 0 aliphatic carbocycles. The lowest BCUT2D eigenvalue weighted by Crippen LogP contribution is -2.45. The lowest BCUT2D eigenvalue weighted by molar-refractivity contribution is -0.114. The van der Waals surface area contributed by atoms with Gasteiger partial charge in [-0.1, -0.05) is 42.5 Å². The number of benzene rings is 1. The minimum Gasteiger partial charge on any atom is -0.318 e. The number of hydrogen-bond acceptors (Lipinski definition) is 4. The van der Waals surface area contributed by atoms with E-state index < -0.39 is 0 Å². The van der Waals surface area contributed by atoms with E-state index in [1.54, 1.807) is 18.3 Å². The average molecular weight is 384 g/mol. The Morgan fingerprint density at radius 2 is 1.78 bits per heavy atom. The Labute approximate surface area is 166 Å². The molecular weight excluding hydrogens is 354 g/mol. The molecule has 1 N–H and O–H groups in total. The highest BCUT2D eigenvalue weighted by atomic mass is 32.1. The van der Waals surface area contributed by atoms with Crippen molar-refractivity contribution in [3.63, 3.8) is 0 Å². The Kier molecular flexibility index (Phi) is 6.83. The fraction of sp³-hybridized carbons (Fsp3) is 0.409. The van der Waals surface area contributed by atoms with Gasteiger partial charge in [0.1, 0.15) is 0 Å². The van der Waals surface area contributed by atoms with Gasteiger partial charge in [-0.15, -0.1) is 11.3 Å². The minimum absolute atomic E-state index is 0.00697. The molecule has 1 fully saturated rings. The van der Waals surface area contributed by atoms with Gasteiger partial charge in [0, 0.05) is 56.6 Å². The van der Waals surface area contributed by atoms with Crippen LogP contribution in [0.15, 0.2) is 36.4 Å². The summed E-state index contributed by atoms with van der Waals surface area (Å²) in [4.78, 5) is 17.8. The topological polar surface area (TPSA) is 35.6 Å². The number of carbonyl (C=O) groups excluding carboxylic acids is 1. The summed E-state index contributed by atoms with van der Waals surface area (Å²) in [6.45, 7) is 12.1. The van der Waals surface area contributed by atoms with Gasteiger partial charge in [-0.25, -0.2) is 0 Å². The first-order valence-corrected chi connectivity index (χ1v) is 10.4. The van der Waals surface area contributed by atoms with E-state index in [9.17, 15) is 4.79 Å². The first-order valence-electron chi connectivity index (χ1n) is 9.55. The van der Waals surface area contributed by atoms with Gasteiger partial charge in [0.15, 0.2) is 0 Å². The van der Waals surface area contributed by atoms with E-state index in [1.807, 2.05) is 6.07 Å². The van der Waals surface area contributed by atoms with E-state index in [1.165, 1.54) is 21.6 Å². The summed E-state index contributed by atoms with van der Waals surface area (Å²) in [7, 11) is 0. The summed E-state index contributed by atoms with van der Waals surface area (Å²) in [5, 5.41) is 4.03. The number of anilines is 1. The summed E-state index contributed by atoms with van der Waals surface area (Å²) in [5.74, 6) is 0.00697. The van der Waals surface area contributed by atoms with Crippen molar-refractivity contribution in [1.82, 2.24) is 9.80 Å². The maximum Gasteiger partial charge on any atom is 0.221 e. The first kappa shape index (κ1) is 19.8. The Balaban J connectivity index is 1.51. The summed E-state index contributed by atoms with van der Waals surface area (Å²) < 4.78 is 0. The first-order chi connectivity index (χ1) is 13.0. The van der Waals surface area contributed by atoms with Crippen LogP contribution >= 0.6 is 11.3 Å². The number of piperazine rings is 1. The second-order valence-electron chi connectivity index (χ2n) is 7.16. The van der Waals surface area contributed by atoms with E-state index in [2.05, 4.69) is 65.4 Å². The Morgan fingerprint density at radius 3 is 2.44 bits per heavy atom. The van der Waals surface area contributed by atoms with Crippen molar-refractivity contribution in [2.45, 2.75) is 27.3 Å². The molecule has 0 unspecified atom stereocenters. The van der Waals surface area contributed by atoms with E-state index in [0.717, 1.165) is 44.3 Å². The predicted octanol–water partition coefficient (Wildman–Crippen LogP) is 4.15. The maximum atomic E-state index is 11.5. The van der Waals surface area contributed by atoms with E-state index in [4.69, 9.17) is 0 Å². The fourth-order valence-corrected chi connectivity index (χ4v) is 4.50. The highest BCUT2D eigenvalue weighted by Crippen LogP contribution is 2.33. The summed E-state index contributed by atoms with van der Waals surface area (Å²) in [5.41, 5.74) is 3.85. The van der Waals surface area contributed by atoms with Gasteiger partial charge in [-0.2, -0.15) is 0 Å². The van der Waals surface area contributed by atoms with Crippen molar-refractivity contribution in [3.05, 3.63) is 58.0 Å². The Bertz CT molecular complexity index is 789. The standard InChI is InChI=1S/C22H29N3OS/c1-17-18(2)27-22(23-19(3)26)21(17)16-25-14-12-24(13-15-25)11-7-10-20-8-5-4-6-9-20/h4-10H,11-16H2,1-3H3,(H,23,26). The molecule has 1 saturated heterocycles. The van der Waals surface area contributed by atoms with Crippen LogP contribution in [0.3, 0.4) is 0 Å². The lowest BCUT2D eigenvalue weighted by atomic mass is 10.1. The smallest absolute Gasteiger partial charge is 0.221 e. The van der Waals surface area contributed by atoms with Gasteiger partial charge in [0.05, 0.1) is 5.00 Å². The van der Waals surface area contributed by atoms with Crippen molar-refractivity contribution in [3.8, 4) is 0 Å². The summed E-state index contributed by atoms with van der Waals surface area (Å²) in [6, 6.07) is 10.5. The van der Waals surface area contributed by atoms with E-state index in [0.29, 0.717) is 0 Å². The normalized spacial score (nSPS) is 16.1. The van der Waals surface area contributed by atoms with Crippen LogP contribution in [0.2, 0.25) is 0 Å². The molecule has 0 radical (unpaired) electrons. The van der Waals surface area contributed by atoms with Gasteiger partial charge < -0.3 is 5.32 Å². The molecule has 1 amide bonds. The van der Waals surface area contributed by atoms with Crippen LogP contribution in [0.25, 0.3) is 6.08 Å². The number of amides is 1. The molecule has 1 aromatic heterocycles. The largest absolute Gasteiger partial charge is 0.318 e. The van der Waals surface area contributed by atoms with Gasteiger partial charge in [0.25, 0.3) is 0 Å². The molecule has 0 spiro atoms. The molecule has 0 atom stereocenters. The van der Waals surface area contributed by atoms with Crippen LogP contribution in [0.4, 0.5) is 5.00 Å². The van der Waals surface area contributed by atoms with Crippen LogP contribution in [-0.2, 0) is 11.3 Å². The molecule has 2 heterocycles. The van der Waals surface area contributed by atoms with Crippen molar-refractivity contribution in [1.29, 1.82) is 0 Å². The Morgan fingerprint density at radius 1 is 1.11 bits per heavy atom. The third-order valence-electron chi connectivity index (χ3n) is 5.12. The van der Waals surface area contributed by atoms with Crippen molar-refractivity contribution < 1.29 is 4.79 Å². The monoisotopic (exact) mass is 383 g/mol. The summed E-state index contributed by atoms with van der Waals surface area (Å²) >= 11 is 1.69. The van der Waals surface area contributed by atoms with Crippen LogP contribution in [0.1, 0.15) is 28.5 Å². The lowest BCUT2D eigenvalue weighted by Gasteiger charge is -2.34. The zero-order valence-corrected chi connectivity index (χ0v) is 17.3. The molecule has 5 heteroatoms. The van der Waals surface area contributed by atoms with Crippen LogP contribution in [0, 0.1) is 13.8 Å². The Hall–Kier alpha value is -1.95. The highest BCUT2D eigenvalue weighted by Gasteiger charge is 2.20. The molecule has 0 bridgehead atoms. The average Bonchev–Trinajstić information content (AvgIpc) is 2.91. The number of rotatable bonds is 6. The molecule has 1 aliphatic rings. The zero-order valence-electron chi connectivity index (χ0n) is 16.5. The molecule has 144 valence electrons.